The van der Waals surface area contributed by atoms with E-state index >= 15 is 0 Å². The number of rotatable bonds is 12. The monoisotopic (exact) mass is 1120 g/mol. The first kappa shape index (κ1) is 85.1. The second-order valence-corrected chi connectivity index (χ2v) is 28.5. The smallest absolute Gasteiger partial charge is 0.0891 e. The van der Waals surface area contributed by atoms with Gasteiger partial charge < -0.3 is 88.8 Å². The van der Waals surface area contributed by atoms with Crippen LogP contribution in [0.15, 0.2) is 0 Å². The average Bonchev–Trinajstić information content (AvgIpc) is 3.22. The molecule has 0 aliphatic rings. The van der Waals surface area contributed by atoms with Gasteiger partial charge in [0, 0.05) is 33.4 Å². The number of aromatic carboxylic acids is 6. The first-order valence-electron chi connectivity index (χ1n) is 27.6. The van der Waals surface area contributed by atoms with Crippen LogP contribution in [0.5, 0.6) is 0 Å². The predicted octanol–water partition coefficient (Wildman–Crippen LogP) is -3.88. The van der Waals surface area contributed by atoms with Crippen molar-refractivity contribution in [3.8, 4) is 0 Å². The molecular formula is C60H120N6O12. The van der Waals surface area contributed by atoms with E-state index in [1.54, 1.807) is 29.4 Å². The quantitative estimate of drug-likeness (QED) is 0.118. The maximum atomic E-state index is 11.0. The van der Waals surface area contributed by atoms with Crippen LogP contribution in [0.25, 0.3) is 0 Å². The lowest BCUT2D eigenvalue weighted by atomic mass is 9.86. The number of carbonyl (C=O) groups excluding carboxylic acids is 6. The average molecular weight is 1120 g/mol. The Kier molecular flexibility index (Phi) is 38.0. The summed E-state index contributed by atoms with van der Waals surface area (Å²) in [5.74, 6) is -16.0. The summed E-state index contributed by atoms with van der Waals surface area (Å²) in [4.78, 5) is 75.5. The number of hydrogen-bond acceptors (Lipinski definition) is 12. The van der Waals surface area contributed by atoms with Crippen LogP contribution in [0, 0.1) is 0 Å². The highest BCUT2D eigenvalue weighted by molar-refractivity contribution is 6.21. The molecule has 0 saturated heterocycles. The molecule has 78 heavy (non-hydrogen) atoms. The molecule has 1 rings (SSSR count). The van der Waals surface area contributed by atoms with E-state index in [0.29, 0.717) is 33.2 Å². The summed E-state index contributed by atoms with van der Waals surface area (Å²) in [5.41, 5.74) is -9.63. The Labute approximate surface area is 475 Å². The Balaban J connectivity index is -0.000000205. The SMILES string of the molecule is CC(C)[NH+](C)C(C)(C)C.CC(C)[NH+](C)C(C)(C)C.CC(C)[NH+](C)C(C)(C)C.CC(C)[NH+](C)C(C)(C)C.CC(C)[NH+](C)C(C)(C)C.CC(C)[NH+](C)C(C)(C)C.O=C([O-])c1c(C(=O)[O-])c(C(=O)[O-])c(C(=O)[O-])c(C(=O)[O-])c1C(=O)[O-]. The predicted molar refractivity (Wildman–Crippen MR) is 303 cm³/mol. The molecule has 1 aromatic carbocycles. The van der Waals surface area contributed by atoms with Crippen LogP contribution in [0.4, 0.5) is 0 Å². The summed E-state index contributed by atoms with van der Waals surface area (Å²) in [6, 6.07) is 4.36. The van der Waals surface area contributed by atoms with Gasteiger partial charge in [0.25, 0.3) is 0 Å². The van der Waals surface area contributed by atoms with Gasteiger partial charge in [-0.1, -0.05) is 0 Å². The van der Waals surface area contributed by atoms with Crippen molar-refractivity contribution in [1.29, 1.82) is 0 Å². The zero-order valence-corrected chi connectivity index (χ0v) is 56.4. The van der Waals surface area contributed by atoms with Crippen molar-refractivity contribution in [1.82, 2.24) is 0 Å². The van der Waals surface area contributed by atoms with Crippen LogP contribution in [0.1, 0.15) is 270 Å². The lowest BCUT2D eigenvalue weighted by Crippen LogP contribution is -3.19. The molecule has 0 amide bonds. The van der Waals surface area contributed by atoms with Crippen LogP contribution in [-0.2, 0) is 0 Å². The van der Waals surface area contributed by atoms with E-state index in [1.807, 2.05) is 0 Å². The van der Waals surface area contributed by atoms with Gasteiger partial charge in [-0.2, -0.15) is 0 Å². The fourth-order valence-electron chi connectivity index (χ4n) is 7.17. The van der Waals surface area contributed by atoms with E-state index in [0.717, 1.165) is 36.3 Å². The van der Waals surface area contributed by atoms with Gasteiger partial charge in [-0.3, -0.25) is 0 Å². The molecule has 6 unspecified atom stereocenters. The third-order valence-electron chi connectivity index (χ3n) is 15.0. The molecule has 18 nitrogen and oxygen atoms in total. The number of carbonyl (C=O) groups is 6. The highest BCUT2D eigenvalue weighted by atomic mass is 16.4. The molecule has 0 aromatic heterocycles. The molecule has 6 atom stereocenters. The molecule has 0 spiro atoms. The van der Waals surface area contributed by atoms with Crippen LogP contribution < -0.4 is 60.0 Å². The van der Waals surface area contributed by atoms with Crippen molar-refractivity contribution in [2.75, 3.05) is 42.3 Å². The minimum absolute atomic E-state index is 0.397. The first-order chi connectivity index (χ1) is 34.1. The van der Waals surface area contributed by atoms with Crippen LogP contribution in [0.2, 0.25) is 0 Å². The van der Waals surface area contributed by atoms with Gasteiger partial charge in [0.1, 0.15) is 0 Å². The summed E-state index contributed by atoms with van der Waals surface area (Å²) in [6.07, 6.45) is 0. The topological polar surface area (TPSA) is 267 Å². The van der Waals surface area contributed by atoms with Gasteiger partial charge in [0.15, 0.2) is 0 Å². The maximum Gasteiger partial charge on any atom is 0.0891 e. The molecule has 18 heteroatoms. The van der Waals surface area contributed by atoms with Crippen LogP contribution in [-0.4, -0.2) is 148 Å². The minimum atomic E-state index is -2.66. The second-order valence-electron chi connectivity index (χ2n) is 28.5. The van der Waals surface area contributed by atoms with Gasteiger partial charge in [-0.15, -0.1) is 0 Å². The van der Waals surface area contributed by atoms with Crippen molar-refractivity contribution < 1.29 is 88.8 Å². The lowest BCUT2D eigenvalue weighted by molar-refractivity contribution is -0.948. The molecule has 6 N–H and O–H groups in total. The largest absolute Gasteiger partial charge is 0.545 e. The first-order valence-corrected chi connectivity index (χ1v) is 27.6. The Morgan fingerprint density at radius 2 is 0.295 bits per heavy atom. The zero-order valence-electron chi connectivity index (χ0n) is 56.4. The summed E-state index contributed by atoms with van der Waals surface area (Å²) < 4.78 is 0. The number of carboxylic acids is 6. The number of hydrogen-bond donors (Lipinski definition) is 6. The number of benzene rings is 1. The third-order valence-corrected chi connectivity index (χ3v) is 15.0. The molecule has 0 fully saturated rings. The van der Waals surface area contributed by atoms with E-state index in [9.17, 15) is 59.4 Å². The summed E-state index contributed by atoms with van der Waals surface area (Å²) >= 11 is 0. The standard InChI is InChI=1S/C12H6O12.6C8H19N/c13-7(14)1-2(8(15)16)4(10(19)20)6(12(23)24)5(11(21)22)3(1)9(17)18;6*1-7(2)9(6)8(3,4)5/h(H,13,14)(H,15,16)(H,17,18)(H,19,20)(H,21,22)(H,23,24);6*7H,1-6H3. The molecule has 462 valence electrons. The Bertz CT molecular complexity index is 1600. The molecule has 0 bridgehead atoms. The van der Waals surface area contributed by atoms with Crippen molar-refractivity contribution in [2.45, 2.75) is 277 Å². The van der Waals surface area contributed by atoms with E-state index in [1.165, 1.54) is 0 Å². The van der Waals surface area contributed by atoms with Gasteiger partial charge in [0.2, 0.25) is 0 Å². The molecule has 0 radical (unpaired) electrons. The maximum absolute atomic E-state index is 11.0. The van der Waals surface area contributed by atoms with Gasteiger partial charge in [-0.25, -0.2) is 0 Å². The normalized spacial score (nSPS) is 14.4. The third kappa shape index (κ3) is 33.4. The lowest BCUT2D eigenvalue weighted by Gasteiger charge is -2.31. The molecule has 0 aliphatic carbocycles. The molecular weight excluding hydrogens is 997 g/mol. The van der Waals surface area contributed by atoms with Crippen LogP contribution >= 0.6 is 0 Å². The minimum Gasteiger partial charge on any atom is -0.545 e. The van der Waals surface area contributed by atoms with Crippen molar-refractivity contribution in [2.24, 2.45) is 0 Å². The van der Waals surface area contributed by atoms with Crippen molar-refractivity contribution >= 4 is 35.8 Å². The van der Waals surface area contributed by atoms with E-state index < -0.39 is 69.2 Å². The number of carboxylic acid groups (broad SMARTS) is 6. The second kappa shape index (κ2) is 34.8. The highest BCUT2D eigenvalue weighted by Crippen LogP contribution is 2.28. The Morgan fingerprint density at radius 3 is 0.308 bits per heavy atom. The van der Waals surface area contributed by atoms with Gasteiger partial charge in [0.05, 0.1) is 148 Å². The van der Waals surface area contributed by atoms with Crippen LogP contribution in [0.3, 0.4) is 0 Å². The summed E-state index contributed by atoms with van der Waals surface area (Å²) in [5, 5.41) is 66.0. The molecule has 1 aromatic rings. The number of nitrogens with one attached hydrogen (secondary N) is 6. The number of quaternary nitrogens is 6. The molecule has 0 heterocycles. The van der Waals surface area contributed by atoms with Crippen molar-refractivity contribution in [3.63, 3.8) is 0 Å². The van der Waals surface area contributed by atoms with E-state index in [2.05, 4.69) is 250 Å². The fourth-order valence-corrected chi connectivity index (χ4v) is 7.17. The zero-order chi connectivity index (χ0) is 64.9. The van der Waals surface area contributed by atoms with Gasteiger partial charge >= 0.3 is 0 Å². The molecule has 0 aliphatic heterocycles. The van der Waals surface area contributed by atoms with Gasteiger partial charge in [-0.05, 0) is 208 Å². The summed E-state index contributed by atoms with van der Waals surface area (Å²) in [6.45, 7) is 67.8. The fraction of sp³-hybridized carbons (Fsp3) is 0.800. The molecule has 0 saturated carbocycles. The van der Waals surface area contributed by atoms with Crippen molar-refractivity contribution in [3.05, 3.63) is 33.4 Å². The Hall–Kier alpha value is -4.20. The van der Waals surface area contributed by atoms with E-state index in [-0.39, 0.29) is 0 Å². The highest BCUT2D eigenvalue weighted by Gasteiger charge is 2.29. The summed E-state index contributed by atoms with van der Waals surface area (Å²) in [7, 11) is 13.4. The van der Waals surface area contributed by atoms with E-state index in [4.69, 9.17) is 0 Å². The Morgan fingerprint density at radius 1 is 0.231 bits per heavy atom.